The molecule has 19 heavy (non-hydrogen) atoms. The van der Waals surface area contributed by atoms with Gasteiger partial charge in [0.2, 0.25) is 0 Å². The second kappa shape index (κ2) is 8.97. The minimum absolute atomic E-state index is 0.0138. The monoisotopic (exact) mass is 269 g/mol. The molecule has 1 aliphatic heterocycles. The lowest BCUT2D eigenvalue weighted by Crippen LogP contribution is -2.53. The quantitative estimate of drug-likeness (QED) is 0.596. The number of likely N-dealkylation sites (tertiary alicyclic amines) is 1. The summed E-state index contributed by atoms with van der Waals surface area (Å²) in [5.74, 6) is 0. The normalized spacial score (nSPS) is 21.5. The van der Waals surface area contributed by atoms with Gasteiger partial charge in [-0.25, -0.2) is 0 Å². The number of hydrogen-bond donors (Lipinski definition) is 1. The summed E-state index contributed by atoms with van der Waals surface area (Å²) in [7, 11) is 0. The Morgan fingerprint density at radius 3 is 2.16 bits per heavy atom. The number of nitrogens with zero attached hydrogens (tertiary/aromatic N) is 1. The molecule has 0 amide bonds. The van der Waals surface area contributed by atoms with E-state index in [1.54, 1.807) is 0 Å². The number of aliphatic hydroxyl groups excluding tert-OH is 1. The zero-order valence-corrected chi connectivity index (χ0v) is 13.5. The zero-order valence-electron chi connectivity index (χ0n) is 13.5. The van der Waals surface area contributed by atoms with Gasteiger partial charge in [0.25, 0.3) is 0 Å². The molecule has 0 aromatic heterocycles. The first-order valence-corrected chi connectivity index (χ1v) is 8.58. The van der Waals surface area contributed by atoms with Crippen LogP contribution in [0.25, 0.3) is 0 Å². The summed E-state index contributed by atoms with van der Waals surface area (Å²) >= 11 is 0. The molecule has 0 bridgehead atoms. The number of unbranched alkanes of at least 4 members (excludes halogenated alkanes) is 5. The van der Waals surface area contributed by atoms with Crippen molar-refractivity contribution in [2.75, 3.05) is 13.1 Å². The second-order valence-corrected chi connectivity index (χ2v) is 6.48. The van der Waals surface area contributed by atoms with Crippen LogP contribution in [0.4, 0.5) is 0 Å². The minimum Gasteiger partial charge on any atom is -0.391 e. The molecule has 1 rings (SSSR count). The van der Waals surface area contributed by atoms with E-state index in [2.05, 4.69) is 25.7 Å². The van der Waals surface area contributed by atoms with E-state index in [1.165, 1.54) is 64.5 Å². The SMILES string of the molecule is CCCCCCCCC(O)C(C)(CC)N1CCCC1. The van der Waals surface area contributed by atoms with E-state index < -0.39 is 0 Å². The van der Waals surface area contributed by atoms with Gasteiger partial charge in [0, 0.05) is 5.54 Å². The average Bonchev–Trinajstić information content (AvgIpc) is 2.96. The summed E-state index contributed by atoms with van der Waals surface area (Å²) in [6.07, 6.45) is 12.4. The Balaban J connectivity index is 2.26. The number of hydrogen-bond acceptors (Lipinski definition) is 2. The van der Waals surface area contributed by atoms with Crippen molar-refractivity contribution in [2.45, 2.75) is 96.6 Å². The van der Waals surface area contributed by atoms with Crippen molar-refractivity contribution >= 4 is 0 Å². The van der Waals surface area contributed by atoms with Gasteiger partial charge >= 0.3 is 0 Å². The lowest BCUT2D eigenvalue weighted by molar-refractivity contribution is -0.0178. The van der Waals surface area contributed by atoms with Crippen LogP contribution in [0, 0.1) is 0 Å². The first kappa shape index (κ1) is 17.0. The fourth-order valence-electron chi connectivity index (χ4n) is 3.33. The van der Waals surface area contributed by atoms with E-state index in [4.69, 9.17) is 0 Å². The fourth-order valence-corrected chi connectivity index (χ4v) is 3.33. The van der Waals surface area contributed by atoms with Gasteiger partial charge < -0.3 is 5.11 Å². The molecule has 1 fully saturated rings. The third-order valence-corrected chi connectivity index (χ3v) is 5.09. The zero-order chi connectivity index (χ0) is 14.1. The highest BCUT2D eigenvalue weighted by molar-refractivity contribution is 4.93. The van der Waals surface area contributed by atoms with Gasteiger partial charge in [-0.2, -0.15) is 0 Å². The smallest absolute Gasteiger partial charge is 0.0721 e. The first-order chi connectivity index (χ1) is 9.15. The van der Waals surface area contributed by atoms with Crippen molar-refractivity contribution in [1.29, 1.82) is 0 Å². The maximum absolute atomic E-state index is 10.6. The molecule has 0 spiro atoms. The van der Waals surface area contributed by atoms with Crippen LogP contribution in [-0.4, -0.2) is 34.7 Å². The largest absolute Gasteiger partial charge is 0.391 e. The standard InChI is InChI=1S/C17H35NO/c1-4-6-7-8-9-10-13-16(19)17(3,5-2)18-14-11-12-15-18/h16,19H,4-15H2,1-3H3. The lowest BCUT2D eigenvalue weighted by Gasteiger charge is -2.42. The van der Waals surface area contributed by atoms with E-state index in [-0.39, 0.29) is 11.6 Å². The van der Waals surface area contributed by atoms with Crippen LogP contribution in [0.5, 0.6) is 0 Å². The van der Waals surface area contributed by atoms with Crippen LogP contribution >= 0.6 is 0 Å². The maximum atomic E-state index is 10.6. The minimum atomic E-state index is -0.151. The molecular formula is C17H35NO. The highest BCUT2D eigenvalue weighted by atomic mass is 16.3. The van der Waals surface area contributed by atoms with Gasteiger partial charge in [-0.05, 0) is 45.7 Å². The van der Waals surface area contributed by atoms with Crippen LogP contribution in [0.2, 0.25) is 0 Å². The van der Waals surface area contributed by atoms with Gasteiger partial charge in [0.05, 0.1) is 6.10 Å². The van der Waals surface area contributed by atoms with Crippen LogP contribution in [-0.2, 0) is 0 Å². The van der Waals surface area contributed by atoms with E-state index in [1.807, 2.05) is 0 Å². The highest BCUT2D eigenvalue weighted by Crippen LogP contribution is 2.30. The highest BCUT2D eigenvalue weighted by Gasteiger charge is 2.37. The molecule has 1 heterocycles. The Morgan fingerprint density at radius 2 is 1.58 bits per heavy atom. The van der Waals surface area contributed by atoms with Crippen LogP contribution < -0.4 is 0 Å². The second-order valence-electron chi connectivity index (χ2n) is 6.48. The van der Waals surface area contributed by atoms with Crippen molar-refractivity contribution in [3.05, 3.63) is 0 Å². The van der Waals surface area contributed by atoms with E-state index in [9.17, 15) is 5.11 Å². The molecule has 2 heteroatoms. The molecule has 0 aliphatic carbocycles. The Labute approximate surface area is 120 Å². The lowest BCUT2D eigenvalue weighted by atomic mass is 9.86. The van der Waals surface area contributed by atoms with E-state index in [0.717, 1.165) is 12.8 Å². The molecular weight excluding hydrogens is 234 g/mol. The Kier molecular flexibility index (Phi) is 8.01. The van der Waals surface area contributed by atoms with Crippen molar-refractivity contribution in [3.63, 3.8) is 0 Å². The Morgan fingerprint density at radius 1 is 1.00 bits per heavy atom. The molecule has 1 saturated heterocycles. The molecule has 2 nitrogen and oxygen atoms in total. The predicted molar refractivity (Wildman–Crippen MR) is 83.5 cm³/mol. The first-order valence-electron chi connectivity index (χ1n) is 8.58. The van der Waals surface area contributed by atoms with Crippen molar-refractivity contribution in [3.8, 4) is 0 Å². The molecule has 114 valence electrons. The summed E-state index contributed by atoms with van der Waals surface area (Å²) in [6.45, 7) is 9.10. The van der Waals surface area contributed by atoms with Gasteiger partial charge in [-0.1, -0.05) is 52.4 Å². The molecule has 0 radical (unpaired) electrons. The molecule has 1 aliphatic rings. The molecule has 0 aromatic carbocycles. The molecule has 0 saturated carbocycles. The summed E-state index contributed by atoms with van der Waals surface area (Å²) < 4.78 is 0. The topological polar surface area (TPSA) is 23.5 Å². The van der Waals surface area contributed by atoms with Crippen LogP contribution in [0.3, 0.4) is 0 Å². The van der Waals surface area contributed by atoms with Crippen molar-refractivity contribution < 1.29 is 5.11 Å². The fraction of sp³-hybridized carbons (Fsp3) is 1.00. The molecule has 1 N–H and O–H groups in total. The Bertz CT molecular complexity index is 225. The van der Waals surface area contributed by atoms with Gasteiger partial charge in [0.15, 0.2) is 0 Å². The van der Waals surface area contributed by atoms with Crippen molar-refractivity contribution in [1.82, 2.24) is 4.90 Å². The van der Waals surface area contributed by atoms with Crippen LogP contribution in [0.15, 0.2) is 0 Å². The Hall–Kier alpha value is -0.0800. The summed E-state index contributed by atoms with van der Waals surface area (Å²) in [5.41, 5.74) is 0.0138. The molecule has 2 unspecified atom stereocenters. The van der Waals surface area contributed by atoms with Gasteiger partial charge in [0.1, 0.15) is 0 Å². The molecule has 0 aromatic rings. The van der Waals surface area contributed by atoms with E-state index in [0.29, 0.717) is 0 Å². The number of aliphatic hydroxyl groups is 1. The molecule has 2 atom stereocenters. The maximum Gasteiger partial charge on any atom is 0.0721 e. The van der Waals surface area contributed by atoms with E-state index >= 15 is 0 Å². The number of rotatable bonds is 10. The summed E-state index contributed by atoms with van der Waals surface area (Å²) in [5, 5.41) is 10.6. The summed E-state index contributed by atoms with van der Waals surface area (Å²) in [4.78, 5) is 2.52. The van der Waals surface area contributed by atoms with Gasteiger partial charge in [-0.3, -0.25) is 4.90 Å². The van der Waals surface area contributed by atoms with Crippen LogP contribution in [0.1, 0.15) is 85.0 Å². The van der Waals surface area contributed by atoms with Crippen molar-refractivity contribution in [2.24, 2.45) is 0 Å². The average molecular weight is 269 g/mol. The summed E-state index contributed by atoms with van der Waals surface area (Å²) in [6, 6.07) is 0. The predicted octanol–water partition coefficient (Wildman–Crippen LogP) is 4.36. The van der Waals surface area contributed by atoms with Gasteiger partial charge in [-0.15, -0.1) is 0 Å². The third-order valence-electron chi connectivity index (χ3n) is 5.09. The third kappa shape index (κ3) is 5.07.